The van der Waals surface area contributed by atoms with Crippen molar-refractivity contribution < 1.29 is 8.78 Å². The van der Waals surface area contributed by atoms with Crippen LogP contribution >= 0.6 is 0 Å². The summed E-state index contributed by atoms with van der Waals surface area (Å²) in [5.74, 6) is -0.453. The number of anilines is 6. The summed E-state index contributed by atoms with van der Waals surface area (Å²) in [6.45, 7) is 4.57. The first-order valence-electron chi connectivity index (χ1n) is 17.9. The van der Waals surface area contributed by atoms with Crippen LogP contribution in [0.25, 0.3) is 43.4 Å². The first-order valence-corrected chi connectivity index (χ1v) is 17.9. The summed E-state index contributed by atoms with van der Waals surface area (Å²) in [4.78, 5) is 8.71. The van der Waals surface area contributed by atoms with Gasteiger partial charge in [0.1, 0.15) is 5.82 Å². The molecule has 0 bridgehead atoms. The van der Waals surface area contributed by atoms with Crippen molar-refractivity contribution >= 4 is 66.6 Å². The zero-order valence-electron chi connectivity index (χ0n) is 29.2. The molecule has 9 aromatic rings. The predicted octanol–water partition coefficient (Wildman–Crippen LogP) is 13.5. The van der Waals surface area contributed by atoms with Crippen LogP contribution in [0.1, 0.15) is 25.0 Å². The lowest BCUT2D eigenvalue weighted by Gasteiger charge is -2.30. The number of nitrogens with zero attached hydrogens (tertiary/aromatic N) is 3. The standard InChI is InChI=1S/C48H33F2N3/c1-48(2)38-13-7-6-12-35(38)46-39(48)14-8-16-43(46)52(34-23-21-32(49)22-24-34)41-27-19-30-18-26-37-42(28-20-31-17-25-36(41)44(30)45(31)37)53(33-10-4-3-5-11-33)47-40(50)15-9-29-51-47/h3-29H,1-2H3. The van der Waals surface area contributed by atoms with Gasteiger partial charge in [-0.15, -0.1) is 0 Å². The number of pyridine rings is 1. The number of hydrogen-bond donors (Lipinski definition) is 0. The molecule has 0 aliphatic heterocycles. The maximum absolute atomic E-state index is 15.6. The summed E-state index contributed by atoms with van der Waals surface area (Å²) >= 11 is 0. The first-order chi connectivity index (χ1) is 25.9. The second-order valence-electron chi connectivity index (χ2n) is 14.3. The molecule has 0 amide bonds. The van der Waals surface area contributed by atoms with Crippen molar-refractivity contribution in [2.45, 2.75) is 19.3 Å². The Balaban J connectivity index is 1.26. The first kappa shape index (κ1) is 31.2. The molecule has 0 saturated carbocycles. The Hall–Kier alpha value is -6.59. The molecular weight excluding hydrogens is 657 g/mol. The minimum Gasteiger partial charge on any atom is -0.309 e. The summed E-state index contributed by atoms with van der Waals surface area (Å²) in [5, 5.41) is 6.41. The average Bonchev–Trinajstić information content (AvgIpc) is 3.43. The minimum atomic E-state index is -0.403. The highest BCUT2D eigenvalue weighted by atomic mass is 19.1. The Morgan fingerprint density at radius 3 is 1.79 bits per heavy atom. The molecule has 0 radical (unpaired) electrons. The normalized spacial score (nSPS) is 13.1. The molecule has 0 fully saturated rings. The maximum Gasteiger partial charge on any atom is 0.174 e. The summed E-state index contributed by atoms with van der Waals surface area (Å²) in [5.41, 5.74) is 9.26. The zero-order valence-corrected chi connectivity index (χ0v) is 29.2. The molecule has 0 saturated heterocycles. The molecule has 1 aromatic heterocycles. The third-order valence-corrected chi connectivity index (χ3v) is 11.0. The second-order valence-corrected chi connectivity index (χ2v) is 14.3. The molecular formula is C48H33F2N3. The third-order valence-electron chi connectivity index (χ3n) is 11.0. The number of para-hydroxylation sites is 1. The number of rotatable bonds is 6. The fourth-order valence-electron chi connectivity index (χ4n) is 8.57. The van der Waals surface area contributed by atoms with E-state index in [-0.39, 0.29) is 17.1 Å². The quantitative estimate of drug-likeness (QED) is 0.162. The van der Waals surface area contributed by atoms with Crippen molar-refractivity contribution in [3.05, 3.63) is 187 Å². The summed E-state index contributed by atoms with van der Waals surface area (Å²) in [6.07, 6.45) is 1.63. The van der Waals surface area contributed by atoms with E-state index in [0.717, 1.165) is 60.8 Å². The van der Waals surface area contributed by atoms with Crippen molar-refractivity contribution in [3.63, 3.8) is 0 Å². The van der Waals surface area contributed by atoms with E-state index in [4.69, 9.17) is 0 Å². The molecule has 0 unspecified atom stereocenters. The molecule has 0 spiro atoms. The minimum absolute atomic E-state index is 0.187. The summed E-state index contributed by atoms with van der Waals surface area (Å²) in [6, 6.07) is 52.0. The maximum atomic E-state index is 15.6. The molecule has 1 heterocycles. The number of halogens is 2. The summed E-state index contributed by atoms with van der Waals surface area (Å²) < 4.78 is 30.1. The molecule has 0 N–H and O–H groups in total. The van der Waals surface area contributed by atoms with E-state index in [1.165, 1.54) is 40.5 Å². The van der Waals surface area contributed by atoms with E-state index in [9.17, 15) is 4.39 Å². The van der Waals surface area contributed by atoms with Crippen molar-refractivity contribution in [1.82, 2.24) is 4.98 Å². The van der Waals surface area contributed by atoms with Crippen LogP contribution in [0.3, 0.4) is 0 Å². The van der Waals surface area contributed by atoms with Crippen LogP contribution in [0.4, 0.5) is 43.0 Å². The molecule has 1 aliphatic carbocycles. The van der Waals surface area contributed by atoms with Crippen LogP contribution < -0.4 is 9.80 Å². The number of fused-ring (bicyclic) bond motifs is 3. The molecule has 5 heteroatoms. The van der Waals surface area contributed by atoms with Crippen LogP contribution in [0.5, 0.6) is 0 Å². The van der Waals surface area contributed by atoms with Crippen molar-refractivity contribution in [3.8, 4) is 11.1 Å². The van der Waals surface area contributed by atoms with Gasteiger partial charge in [-0.2, -0.15) is 0 Å². The molecule has 53 heavy (non-hydrogen) atoms. The van der Waals surface area contributed by atoms with Crippen molar-refractivity contribution in [1.29, 1.82) is 0 Å². The summed E-state index contributed by atoms with van der Waals surface area (Å²) in [7, 11) is 0. The Labute approximate surface area is 306 Å². The highest BCUT2D eigenvalue weighted by Crippen LogP contribution is 2.55. The predicted molar refractivity (Wildman–Crippen MR) is 215 cm³/mol. The van der Waals surface area contributed by atoms with Gasteiger partial charge in [0.25, 0.3) is 0 Å². The molecule has 3 nitrogen and oxygen atoms in total. The largest absolute Gasteiger partial charge is 0.309 e. The molecule has 1 aliphatic rings. The zero-order chi connectivity index (χ0) is 35.8. The van der Waals surface area contributed by atoms with E-state index in [1.807, 2.05) is 47.4 Å². The highest BCUT2D eigenvalue weighted by molar-refractivity contribution is 6.28. The fourth-order valence-corrected chi connectivity index (χ4v) is 8.57. The third kappa shape index (κ3) is 4.67. The van der Waals surface area contributed by atoms with Gasteiger partial charge < -0.3 is 4.90 Å². The van der Waals surface area contributed by atoms with Crippen LogP contribution in [0.2, 0.25) is 0 Å². The van der Waals surface area contributed by atoms with Gasteiger partial charge in [0.2, 0.25) is 0 Å². The lowest BCUT2D eigenvalue weighted by Crippen LogP contribution is -2.16. The number of aromatic nitrogens is 1. The molecule has 0 atom stereocenters. The van der Waals surface area contributed by atoms with Gasteiger partial charge in [-0.25, -0.2) is 13.8 Å². The monoisotopic (exact) mass is 689 g/mol. The van der Waals surface area contributed by atoms with Gasteiger partial charge in [-0.1, -0.05) is 105 Å². The van der Waals surface area contributed by atoms with Crippen molar-refractivity contribution in [2.75, 3.05) is 9.80 Å². The smallest absolute Gasteiger partial charge is 0.174 e. The lowest BCUT2D eigenvalue weighted by molar-refractivity contribution is 0.623. The second kappa shape index (κ2) is 11.7. The van der Waals surface area contributed by atoms with Crippen LogP contribution in [0.15, 0.2) is 164 Å². The average molecular weight is 690 g/mol. The van der Waals surface area contributed by atoms with E-state index >= 15 is 4.39 Å². The van der Waals surface area contributed by atoms with E-state index in [0.29, 0.717) is 0 Å². The fraction of sp³-hybridized carbons (Fsp3) is 0.0625. The Bertz CT molecular complexity index is 2850. The van der Waals surface area contributed by atoms with Crippen LogP contribution in [0, 0.1) is 11.6 Å². The Morgan fingerprint density at radius 1 is 0.491 bits per heavy atom. The van der Waals surface area contributed by atoms with Gasteiger partial charge in [-0.3, -0.25) is 4.90 Å². The molecule has 8 aromatic carbocycles. The van der Waals surface area contributed by atoms with Crippen LogP contribution in [-0.2, 0) is 5.41 Å². The number of benzene rings is 8. The SMILES string of the molecule is CC1(C)c2ccccc2-c2c(N(c3ccc(F)cc3)c3ccc4ccc5c(N(c6ccccc6)c6ncccc6F)ccc6ccc3c4c65)cccc21. The molecule has 254 valence electrons. The van der Waals surface area contributed by atoms with Gasteiger partial charge in [0, 0.05) is 39.3 Å². The van der Waals surface area contributed by atoms with Gasteiger partial charge in [-0.05, 0) is 105 Å². The topological polar surface area (TPSA) is 19.4 Å². The Morgan fingerprint density at radius 2 is 1.09 bits per heavy atom. The van der Waals surface area contributed by atoms with E-state index < -0.39 is 5.82 Å². The van der Waals surface area contributed by atoms with E-state index in [1.54, 1.807) is 12.3 Å². The number of hydrogen-bond acceptors (Lipinski definition) is 3. The lowest BCUT2D eigenvalue weighted by atomic mass is 9.82. The molecule has 10 rings (SSSR count). The highest BCUT2D eigenvalue weighted by Gasteiger charge is 2.38. The van der Waals surface area contributed by atoms with Gasteiger partial charge in [0.05, 0.1) is 17.1 Å². The van der Waals surface area contributed by atoms with Gasteiger partial charge >= 0.3 is 0 Å². The van der Waals surface area contributed by atoms with Gasteiger partial charge in [0.15, 0.2) is 11.6 Å². The van der Waals surface area contributed by atoms with E-state index in [2.05, 4.69) is 115 Å². The van der Waals surface area contributed by atoms with Crippen LogP contribution in [-0.4, -0.2) is 4.98 Å². The van der Waals surface area contributed by atoms with Crippen molar-refractivity contribution in [2.24, 2.45) is 0 Å². The Kier molecular flexibility index (Phi) is 6.89.